The minimum Gasteiger partial charge on any atom is -0.479 e. The Labute approximate surface area is 184 Å². The number of rotatable bonds is 6. The number of imide groups is 1. The van der Waals surface area contributed by atoms with E-state index in [4.69, 9.17) is 10.00 Å². The first kappa shape index (κ1) is 20.9. The number of carbonyl (C=O) groups excluding carboxylic acids is 3. The minimum absolute atomic E-state index is 0.0531. The van der Waals surface area contributed by atoms with E-state index < -0.39 is 17.1 Å². The van der Waals surface area contributed by atoms with Crippen LogP contribution in [-0.2, 0) is 9.59 Å². The van der Waals surface area contributed by atoms with Gasteiger partial charge >= 0.3 is 0 Å². The molecule has 1 aliphatic rings. The Bertz CT molecular complexity index is 1010. The summed E-state index contributed by atoms with van der Waals surface area (Å²) < 4.78 is 6.20. The van der Waals surface area contributed by atoms with Crippen LogP contribution in [0.25, 0.3) is 6.08 Å². The van der Waals surface area contributed by atoms with Gasteiger partial charge in [-0.3, -0.25) is 19.3 Å². The Morgan fingerprint density at radius 1 is 1.17 bits per heavy atom. The second-order valence-electron chi connectivity index (χ2n) is 5.84. The summed E-state index contributed by atoms with van der Waals surface area (Å²) in [7, 11) is 0. The molecule has 1 N–H and O–H groups in total. The van der Waals surface area contributed by atoms with Gasteiger partial charge in [-0.05, 0) is 82.4 Å². The zero-order valence-corrected chi connectivity index (χ0v) is 17.9. The molecule has 0 atom stereocenters. The molecule has 146 valence electrons. The molecule has 2 aromatic rings. The molecule has 7 nitrogen and oxygen atoms in total. The minimum atomic E-state index is -0.512. The number of ether oxygens (including phenoxy) is 1. The fourth-order valence-electron chi connectivity index (χ4n) is 2.44. The number of amides is 3. The lowest BCUT2D eigenvalue weighted by Crippen LogP contribution is -2.36. The quantitative estimate of drug-likeness (QED) is 0.460. The number of benzene rings is 2. The highest BCUT2D eigenvalue weighted by molar-refractivity contribution is 14.1. The predicted molar refractivity (Wildman–Crippen MR) is 118 cm³/mol. The highest BCUT2D eigenvalue weighted by Crippen LogP contribution is 2.32. The number of hydrogen-bond donors (Lipinski definition) is 1. The van der Waals surface area contributed by atoms with E-state index in [9.17, 15) is 14.4 Å². The molecule has 0 aromatic heterocycles. The van der Waals surface area contributed by atoms with Gasteiger partial charge in [0, 0.05) is 9.26 Å². The summed E-state index contributed by atoms with van der Waals surface area (Å²) >= 11 is 2.94. The second kappa shape index (κ2) is 9.58. The van der Waals surface area contributed by atoms with Crippen molar-refractivity contribution in [3.8, 4) is 11.8 Å². The average molecular weight is 519 g/mol. The van der Waals surface area contributed by atoms with Gasteiger partial charge in [-0.2, -0.15) is 5.26 Å². The zero-order valence-electron chi connectivity index (χ0n) is 14.9. The Morgan fingerprint density at radius 3 is 2.52 bits per heavy atom. The van der Waals surface area contributed by atoms with E-state index in [-0.39, 0.29) is 18.1 Å². The Hall–Kier alpha value is -2.84. The number of thioether (sulfide) groups is 1. The summed E-state index contributed by atoms with van der Waals surface area (Å²) in [6, 6.07) is 15.8. The molecule has 1 aliphatic heterocycles. The summed E-state index contributed by atoms with van der Waals surface area (Å²) in [5, 5.41) is 10.7. The summed E-state index contributed by atoms with van der Waals surface area (Å²) in [6.07, 6.45) is 1.58. The number of hydrogen-bond acceptors (Lipinski definition) is 6. The molecule has 2 aromatic carbocycles. The number of nitriles is 1. The second-order valence-corrected chi connectivity index (χ2v) is 8.08. The van der Waals surface area contributed by atoms with Crippen molar-refractivity contribution in [1.29, 1.82) is 5.26 Å². The first-order valence-corrected chi connectivity index (χ1v) is 10.3. The van der Waals surface area contributed by atoms with Crippen molar-refractivity contribution in [2.45, 2.75) is 0 Å². The molecule has 0 saturated carbocycles. The van der Waals surface area contributed by atoms with Gasteiger partial charge in [0.1, 0.15) is 18.4 Å². The third kappa shape index (κ3) is 5.58. The first-order chi connectivity index (χ1) is 14.0. The lowest BCUT2D eigenvalue weighted by atomic mass is 10.2. The average Bonchev–Trinajstić information content (AvgIpc) is 2.96. The topological polar surface area (TPSA) is 99.5 Å². The predicted octanol–water partition coefficient (Wildman–Crippen LogP) is 3.87. The smallest absolute Gasteiger partial charge is 0.294 e. The fraction of sp³-hybridized carbons (Fsp3) is 0.100. The Balaban J connectivity index is 1.64. The number of halogens is 1. The largest absolute Gasteiger partial charge is 0.479 e. The molecule has 0 spiro atoms. The van der Waals surface area contributed by atoms with Crippen LogP contribution >= 0.6 is 34.4 Å². The van der Waals surface area contributed by atoms with Crippen molar-refractivity contribution >= 4 is 63.2 Å². The highest BCUT2D eigenvalue weighted by atomic mass is 127. The summed E-state index contributed by atoms with van der Waals surface area (Å²) in [4.78, 5) is 38.1. The van der Waals surface area contributed by atoms with Gasteiger partial charge < -0.3 is 10.1 Å². The molecule has 0 aliphatic carbocycles. The van der Waals surface area contributed by atoms with E-state index in [0.717, 1.165) is 20.2 Å². The van der Waals surface area contributed by atoms with Gasteiger partial charge in [-0.1, -0.05) is 12.1 Å². The third-order valence-electron chi connectivity index (χ3n) is 3.78. The first-order valence-electron chi connectivity index (χ1n) is 8.37. The van der Waals surface area contributed by atoms with Crippen molar-refractivity contribution in [3.63, 3.8) is 0 Å². The van der Waals surface area contributed by atoms with E-state index in [1.807, 2.05) is 18.2 Å². The van der Waals surface area contributed by atoms with Gasteiger partial charge in [0.15, 0.2) is 6.61 Å². The monoisotopic (exact) mass is 519 g/mol. The molecule has 0 radical (unpaired) electrons. The molecule has 1 heterocycles. The number of anilines is 1. The van der Waals surface area contributed by atoms with E-state index in [1.165, 1.54) is 0 Å². The molecule has 3 rings (SSSR count). The van der Waals surface area contributed by atoms with Crippen LogP contribution in [0.15, 0.2) is 53.4 Å². The molecular weight excluding hydrogens is 505 g/mol. The normalized spacial score (nSPS) is 14.8. The lowest BCUT2D eigenvalue weighted by Gasteiger charge is -2.12. The molecule has 1 fully saturated rings. The van der Waals surface area contributed by atoms with Crippen LogP contribution in [0.4, 0.5) is 10.5 Å². The molecule has 3 amide bonds. The molecule has 0 unspecified atom stereocenters. The maximum absolute atomic E-state index is 12.5. The highest BCUT2D eigenvalue weighted by Gasteiger charge is 2.36. The standard InChI is InChI=1S/C20H14IN3O4S/c21-14-3-5-15(6-4-14)23-18(25)12-24-19(26)17(29-20(24)27)11-13-1-7-16(8-2-13)28-10-9-22/h1-8,11H,10,12H2,(H,23,25)/b17-11-. The van der Waals surface area contributed by atoms with Crippen LogP contribution in [0.2, 0.25) is 0 Å². The van der Waals surface area contributed by atoms with Crippen LogP contribution in [0.5, 0.6) is 5.75 Å². The Morgan fingerprint density at radius 2 is 1.86 bits per heavy atom. The summed E-state index contributed by atoms with van der Waals surface area (Å²) in [5.74, 6) is -0.430. The molecule has 29 heavy (non-hydrogen) atoms. The Kier molecular flexibility index (Phi) is 6.90. The van der Waals surface area contributed by atoms with E-state index in [1.54, 1.807) is 42.5 Å². The van der Waals surface area contributed by atoms with Gasteiger partial charge in [-0.25, -0.2) is 0 Å². The van der Waals surface area contributed by atoms with Gasteiger partial charge in [0.25, 0.3) is 11.1 Å². The zero-order chi connectivity index (χ0) is 20.8. The number of nitrogens with zero attached hydrogens (tertiary/aromatic N) is 2. The summed E-state index contributed by atoms with van der Waals surface area (Å²) in [5.41, 5.74) is 1.29. The maximum atomic E-state index is 12.5. The van der Waals surface area contributed by atoms with Gasteiger partial charge in [-0.15, -0.1) is 0 Å². The van der Waals surface area contributed by atoms with Crippen LogP contribution in [0.1, 0.15) is 5.56 Å². The molecule has 1 saturated heterocycles. The third-order valence-corrected chi connectivity index (χ3v) is 5.41. The van der Waals surface area contributed by atoms with Crippen molar-refractivity contribution in [1.82, 2.24) is 4.90 Å². The van der Waals surface area contributed by atoms with Crippen molar-refractivity contribution in [2.24, 2.45) is 0 Å². The SMILES string of the molecule is N#CCOc1ccc(/C=C2\SC(=O)N(CC(=O)Nc3ccc(I)cc3)C2=O)cc1. The maximum Gasteiger partial charge on any atom is 0.294 e. The van der Waals surface area contributed by atoms with E-state index in [2.05, 4.69) is 27.9 Å². The van der Waals surface area contributed by atoms with Crippen LogP contribution in [0, 0.1) is 14.9 Å². The molecule has 9 heteroatoms. The van der Waals surface area contributed by atoms with Gasteiger partial charge in [0.2, 0.25) is 5.91 Å². The number of carbonyl (C=O) groups is 3. The van der Waals surface area contributed by atoms with Crippen molar-refractivity contribution in [2.75, 3.05) is 18.5 Å². The van der Waals surface area contributed by atoms with Crippen LogP contribution in [-0.4, -0.2) is 35.1 Å². The number of nitrogens with one attached hydrogen (secondary N) is 1. The van der Waals surface area contributed by atoms with Crippen molar-refractivity contribution < 1.29 is 19.1 Å². The fourth-order valence-corrected chi connectivity index (χ4v) is 3.64. The van der Waals surface area contributed by atoms with E-state index in [0.29, 0.717) is 17.0 Å². The molecular formula is C20H14IN3O4S. The van der Waals surface area contributed by atoms with Gasteiger partial charge in [0.05, 0.1) is 4.91 Å². The van der Waals surface area contributed by atoms with E-state index >= 15 is 0 Å². The van der Waals surface area contributed by atoms with Crippen LogP contribution < -0.4 is 10.1 Å². The van der Waals surface area contributed by atoms with Crippen molar-refractivity contribution in [3.05, 3.63) is 62.6 Å². The lowest BCUT2D eigenvalue weighted by molar-refractivity contribution is -0.127. The summed E-state index contributed by atoms with van der Waals surface area (Å²) in [6.45, 7) is -0.405. The molecule has 0 bridgehead atoms. The van der Waals surface area contributed by atoms with Crippen LogP contribution in [0.3, 0.4) is 0 Å².